The zero-order chi connectivity index (χ0) is 22.3. The number of amides is 2. The van der Waals surface area contributed by atoms with Gasteiger partial charge in [-0.1, -0.05) is 40.5 Å². The van der Waals surface area contributed by atoms with Crippen molar-refractivity contribution >= 4 is 33.4 Å². The summed E-state index contributed by atoms with van der Waals surface area (Å²) in [5.41, 5.74) is 2.03. The van der Waals surface area contributed by atoms with Crippen LogP contribution in [0.2, 0.25) is 0 Å². The van der Waals surface area contributed by atoms with E-state index in [0.717, 1.165) is 47.5 Å². The minimum Gasteiger partial charge on any atom is -0.352 e. The van der Waals surface area contributed by atoms with Crippen LogP contribution in [0.25, 0.3) is 0 Å². The molecule has 2 N–H and O–H groups in total. The molecule has 3 aromatic rings. The molecule has 166 valence electrons. The van der Waals surface area contributed by atoms with Crippen molar-refractivity contribution in [1.29, 1.82) is 0 Å². The van der Waals surface area contributed by atoms with Crippen molar-refractivity contribution in [3.63, 3.8) is 0 Å². The number of benzene rings is 2. The lowest BCUT2D eigenvalue weighted by atomic mass is 10.1. The number of hydrogen-bond acceptors (Lipinski definition) is 4. The van der Waals surface area contributed by atoms with Crippen LogP contribution in [0, 0.1) is 0 Å². The monoisotopic (exact) mass is 495 g/mol. The van der Waals surface area contributed by atoms with Gasteiger partial charge >= 0.3 is 0 Å². The predicted molar refractivity (Wildman–Crippen MR) is 127 cm³/mol. The van der Waals surface area contributed by atoms with E-state index in [1.807, 2.05) is 24.3 Å². The lowest BCUT2D eigenvalue weighted by Gasteiger charge is -2.10. The first-order chi connectivity index (χ1) is 15.6. The highest BCUT2D eigenvalue weighted by Gasteiger charge is 2.15. The zero-order valence-electron chi connectivity index (χ0n) is 17.8. The first kappa shape index (κ1) is 22.2. The standard InChI is InChI=1S/C24H26BrN5O2/c25-19-10-8-17(9-11-19)15-23(31)27-20-6-4-5-18(16-20)24(32)26-13-12-22-29-28-21-7-2-1-3-14-30(21)22/h4-6,8-11,16H,1-3,7,12-15H2,(H,26,32)(H,27,31). The highest BCUT2D eigenvalue weighted by atomic mass is 79.9. The van der Waals surface area contributed by atoms with Gasteiger partial charge in [0.25, 0.3) is 5.91 Å². The van der Waals surface area contributed by atoms with Crippen molar-refractivity contribution in [1.82, 2.24) is 20.1 Å². The number of halogens is 1. The van der Waals surface area contributed by atoms with Crippen LogP contribution in [0.15, 0.2) is 53.0 Å². The van der Waals surface area contributed by atoms with E-state index in [0.29, 0.717) is 24.2 Å². The molecular formula is C24H26BrN5O2. The molecule has 2 heterocycles. The van der Waals surface area contributed by atoms with Crippen molar-refractivity contribution in [2.45, 2.75) is 45.1 Å². The predicted octanol–water partition coefficient (Wildman–Crippen LogP) is 3.92. The minimum atomic E-state index is -0.176. The SMILES string of the molecule is O=C(Cc1ccc(Br)cc1)Nc1cccc(C(=O)NCCc2nnc3n2CCCCC3)c1. The number of carbonyl (C=O) groups excluding carboxylic acids is 2. The largest absolute Gasteiger partial charge is 0.352 e. The van der Waals surface area contributed by atoms with E-state index >= 15 is 0 Å². The summed E-state index contributed by atoms with van der Waals surface area (Å²) >= 11 is 3.39. The van der Waals surface area contributed by atoms with E-state index < -0.39 is 0 Å². The van der Waals surface area contributed by atoms with Gasteiger partial charge in [-0.25, -0.2) is 0 Å². The van der Waals surface area contributed by atoms with Gasteiger partial charge in [0.2, 0.25) is 5.91 Å². The molecule has 1 aliphatic heterocycles. The summed E-state index contributed by atoms with van der Waals surface area (Å²) in [6, 6.07) is 14.6. The summed E-state index contributed by atoms with van der Waals surface area (Å²) < 4.78 is 3.17. The van der Waals surface area contributed by atoms with Gasteiger partial charge in [-0.15, -0.1) is 10.2 Å². The maximum atomic E-state index is 12.6. The summed E-state index contributed by atoms with van der Waals surface area (Å²) in [6.45, 7) is 1.44. The van der Waals surface area contributed by atoms with Crippen molar-refractivity contribution in [2.75, 3.05) is 11.9 Å². The van der Waals surface area contributed by atoms with Crippen LogP contribution in [0.5, 0.6) is 0 Å². The van der Waals surface area contributed by atoms with Crippen molar-refractivity contribution in [2.24, 2.45) is 0 Å². The highest BCUT2D eigenvalue weighted by molar-refractivity contribution is 9.10. The molecular weight excluding hydrogens is 470 g/mol. The van der Waals surface area contributed by atoms with Gasteiger partial charge in [0, 0.05) is 41.7 Å². The number of nitrogens with one attached hydrogen (secondary N) is 2. The van der Waals surface area contributed by atoms with Crippen LogP contribution in [0.3, 0.4) is 0 Å². The Bertz CT molecular complexity index is 1090. The number of anilines is 1. The van der Waals surface area contributed by atoms with Gasteiger partial charge in [-0.2, -0.15) is 0 Å². The summed E-state index contributed by atoms with van der Waals surface area (Å²) in [5.74, 6) is 1.67. The van der Waals surface area contributed by atoms with Crippen LogP contribution < -0.4 is 10.6 Å². The molecule has 0 aliphatic carbocycles. The molecule has 1 aromatic heterocycles. The third kappa shape index (κ3) is 5.82. The van der Waals surface area contributed by atoms with Gasteiger partial charge in [0.05, 0.1) is 6.42 Å². The third-order valence-electron chi connectivity index (χ3n) is 5.51. The van der Waals surface area contributed by atoms with E-state index in [9.17, 15) is 9.59 Å². The molecule has 7 nitrogen and oxygen atoms in total. The molecule has 1 aliphatic rings. The molecule has 2 amide bonds. The molecule has 0 bridgehead atoms. The zero-order valence-corrected chi connectivity index (χ0v) is 19.4. The van der Waals surface area contributed by atoms with Crippen molar-refractivity contribution in [3.8, 4) is 0 Å². The van der Waals surface area contributed by atoms with E-state index in [-0.39, 0.29) is 18.2 Å². The maximum absolute atomic E-state index is 12.6. The average Bonchev–Trinajstić information content (AvgIpc) is 3.01. The fourth-order valence-electron chi connectivity index (χ4n) is 3.85. The summed E-state index contributed by atoms with van der Waals surface area (Å²) in [5, 5.41) is 14.4. The van der Waals surface area contributed by atoms with E-state index in [1.54, 1.807) is 24.3 Å². The Kier molecular flexibility index (Phi) is 7.32. The van der Waals surface area contributed by atoms with E-state index in [1.165, 1.54) is 6.42 Å². The molecule has 8 heteroatoms. The molecule has 0 spiro atoms. The topological polar surface area (TPSA) is 88.9 Å². The summed E-state index contributed by atoms with van der Waals surface area (Å²) in [4.78, 5) is 25.0. The second-order valence-electron chi connectivity index (χ2n) is 7.93. The quantitative estimate of drug-likeness (QED) is 0.519. The molecule has 0 saturated carbocycles. The maximum Gasteiger partial charge on any atom is 0.251 e. The van der Waals surface area contributed by atoms with Crippen molar-refractivity contribution < 1.29 is 9.59 Å². The van der Waals surface area contributed by atoms with Gasteiger partial charge in [-0.05, 0) is 48.7 Å². The Balaban J connectivity index is 1.30. The third-order valence-corrected chi connectivity index (χ3v) is 6.04. The van der Waals surface area contributed by atoms with Gasteiger partial charge < -0.3 is 15.2 Å². The van der Waals surface area contributed by atoms with Crippen molar-refractivity contribution in [3.05, 3.63) is 75.8 Å². The molecule has 4 rings (SSSR count). The Morgan fingerprint density at radius 2 is 1.88 bits per heavy atom. The van der Waals surface area contributed by atoms with E-state index in [2.05, 4.69) is 41.3 Å². The van der Waals surface area contributed by atoms with Gasteiger partial charge in [0.1, 0.15) is 11.6 Å². The van der Waals surface area contributed by atoms with Crippen LogP contribution in [-0.2, 0) is 30.6 Å². The van der Waals surface area contributed by atoms with Gasteiger partial charge in [-0.3, -0.25) is 9.59 Å². The first-order valence-electron chi connectivity index (χ1n) is 10.9. The number of carbonyl (C=O) groups is 2. The smallest absolute Gasteiger partial charge is 0.251 e. The number of fused-ring (bicyclic) bond motifs is 1. The van der Waals surface area contributed by atoms with Gasteiger partial charge in [0.15, 0.2) is 0 Å². The number of aryl methyl sites for hydroxylation is 1. The molecule has 0 fully saturated rings. The average molecular weight is 496 g/mol. The lowest BCUT2D eigenvalue weighted by molar-refractivity contribution is -0.115. The van der Waals surface area contributed by atoms with E-state index in [4.69, 9.17) is 0 Å². The van der Waals surface area contributed by atoms with Crippen LogP contribution >= 0.6 is 15.9 Å². The first-order valence-corrected chi connectivity index (χ1v) is 11.7. The molecule has 0 saturated heterocycles. The number of rotatable bonds is 7. The Morgan fingerprint density at radius 1 is 1.03 bits per heavy atom. The minimum absolute atomic E-state index is 0.127. The fraction of sp³-hybridized carbons (Fsp3) is 0.333. The molecule has 32 heavy (non-hydrogen) atoms. The van der Waals surface area contributed by atoms with Crippen LogP contribution in [0.4, 0.5) is 5.69 Å². The second-order valence-corrected chi connectivity index (χ2v) is 8.85. The summed E-state index contributed by atoms with van der Waals surface area (Å²) in [6.07, 6.45) is 5.40. The molecule has 0 radical (unpaired) electrons. The number of nitrogens with zero attached hydrogens (tertiary/aromatic N) is 3. The molecule has 0 unspecified atom stereocenters. The number of hydrogen-bond donors (Lipinski definition) is 2. The lowest BCUT2D eigenvalue weighted by Crippen LogP contribution is -2.26. The molecule has 0 atom stereocenters. The molecule has 2 aromatic carbocycles. The Labute approximate surface area is 195 Å². The normalized spacial score (nSPS) is 13.2. The fourth-order valence-corrected chi connectivity index (χ4v) is 4.12. The summed E-state index contributed by atoms with van der Waals surface area (Å²) in [7, 11) is 0. The second kappa shape index (κ2) is 10.5. The Morgan fingerprint density at radius 3 is 2.72 bits per heavy atom. The Hall–Kier alpha value is -3.00. The highest BCUT2D eigenvalue weighted by Crippen LogP contribution is 2.15. The number of aromatic nitrogens is 3. The van der Waals surface area contributed by atoms with Crippen LogP contribution in [-0.4, -0.2) is 33.1 Å². The van der Waals surface area contributed by atoms with Crippen LogP contribution in [0.1, 0.15) is 46.8 Å².